The Bertz CT molecular complexity index is 406. The molecule has 0 saturated carbocycles. The van der Waals surface area contributed by atoms with Crippen LogP contribution in [0.3, 0.4) is 0 Å². The number of nitrogens with two attached hydrogens (primary N) is 1. The molecule has 0 aliphatic rings. The first kappa shape index (κ1) is 13.5. The summed E-state index contributed by atoms with van der Waals surface area (Å²) in [6.45, 7) is 8.51. The molecule has 1 aromatic heterocycles. The molecule has 0 aliphatic heterocycles. The third-order valence-electron chi connectivity index (χ3n) is 2.76. The van der Waals surface area contributed by atoms with Crippen LogP contribution in [-0.4, -0.2) is 24.6 Å². The Balaban J connectivity index is 2.99. The van der Waals surface area contributed by atoms with Gasteiger partial charge in [-0.3, -0.25) is 0 Å². The molecular weight excluding hydrogens is 212 g/mol. The summed E-state index contributed by atoms with van der Waals surface area (Å²) < 4.78 is 0. The highest BCUT2D eigenvalue weighted by atomic mass is 15.2. The molecule has 4 heteroatoms. The fourth-order valence-electron chi connectivity index (χ4n) is 1.65. The highest BCUT2D eigenvalue weighted by Gasteiger charge is 2.21. The molecule has 0 radical (unpaired) electrons. The summed E-state index contributed by atoms with van der Waals surface area (Å²) in [5.41, 5.74) is 6.37. The Morgan fingerprint density at radius 3 is 2.76 bits per heavy atom. The molecule has 0 amide bonds. The second kappa shape index (κ2) is 5.65. The Morgan fingerprint density at radius 2 is 2.24 bits per heavy atom. The molecule has 0 spiro atoms. The summed E-state index contributed by atoms with van der Waals surface area (Å²) in [5.74, 6) is 0.749. The first-order valence-corrected chi connectivity index (χ1v) is 5.84. The van der Waals surface area contributed by atoms with Crippen molar-refractivity contribution in [1.29, 1.82) is 5.26 Å². The highest BCUT2D eigenvalue weighted by molar-refractivity contribution is 5.53. The second-order valence-electron chi connectivity index (χ2n) is 4.87. The van der Waals surface area contributed by atoms with E-state index in [2.05, 4.69) is 36.7 Å². The van der Waals surface area contributed by atoms with Gasteiger partial charge in [0.2, 0.25) is 0 Å². The number of nitrogens with zero attached hydrogens (tertiary/aromatic N) is 3. The molecule has 0 atom stereocenters. The average molecular weight is 232 g/mol. The van der Waals surface area contributed by atoms with Crippen molar-refractivity contribution < 1.29 is 0 Å². The van der Waals surface area contributed by atoms with Gasteiger partial charge in [0.25, 0.3) is 0 Å². The molecule has 0 aromatic carbocycles. The molecule has 0 unspecified atom stereocenters. The number of anilines is 1. The van der Waals surface area contributed by atoms with Gasteiger partial charge in [-0.05, 0) is 31.0 Å². The van der Waals surface area contributed by atoms with Crippen molar-refractivity contribution in [3.8, 4) is 6.07 Å². The van der Waals surface area contributed by atoms with Crippen LogP contribution >= 0.6 is 0 Å². The van der Waals surface area contributed by atoms with Crippen LogP contribution in [0.25, 0.3) is 0 Å². The molecule has 92 valence electrons. The van der Waals surface area contributed by atoms with Crippen molar-refractivity contribution in [3.63, 3.8) is 0 Å². The van der Waals surface area contributed by atoms with Crippen LogP contribution in [0.4, 0.5) is 5.82 Å². The number of aromatic nitrogens is 1. The fraction of sp³-hybridized carbons (Fsp3) is 0.538. The van der Waals surface area contributed by atoms with Crippen molar-refractivity contribution in [2.45, 2.75) is 20.8 Å². The summed E-state index contributed by atoms with van der Waals surface area (Å²) in [5, 5.41) is 9.08. The molecule has 4 nitrogen and oxygen atoms in total. The van der Waals surface area contributed by atoms with Gasteiger partial charge in [-0.15, -0.1) is 0 Å². The Morgan fingerprint density at radius 1 is 1.53 bits per heavy atom. The molecule has 0 bridgehead atoms. The van der Waals surface area contributed by atoms with Crippen LogP contribution in [0.2, 0.25) is 0 Å². The number of rotatable bonds is 5. The smallest absolute Gasteiger partial charge is 0.146 e. The van der Waals surface area contributed by atoms with Crippen LogP contribution in [0.1, 0.15) is 26.3 Å². The lowest BCUT2D eigenvalue weighted by atomic mass is 9.93. The zero-order valence-electron chi connectivity index (χ0n) is 10.8. The average Bonchev–Trinajstić information content (AvgIpc) is 2.36. The standard InChI is InChI=1S/C13H20N4/c1-4-17(10-13(2,3)9-15)12-11(8-14)6-5-7-16-12/h5-7H,4,9-10,15H2,1-3H3. The third kappa shape index (κ3) is 3.43. The zero-order chi connectivity index (χ0) is 12.9. The number of hydrogen-bond donors (Lipinski definition) is 1. The summed E-state index contributed by atoms with van der Waals surface area (Å²) in [7, 11) is 0. The summed E-state index contributed by atoms with van der Waals surface area (Å²) in [6, 6.07) is 5.75. The van der Waals surface area contributed by atoms with Gasteiger partial charge in [0, 0.05) is 19.3 Å². The number of nitriles is 1. The zero-order valence-corrected chi connectivity index (χ0v) is 10.8. The molecule has 17 heavy (non-hydrogen) atoms. The van der Waals surface area contributed by atoms with E-state index in [1.165, 1.54) is 0 Å². The Labute approximate surface area is 103 Å². The quantitative estimate of drug-likeness (QED) is 0.840. The molecule has 1 aromatic rings. The van der Waals surface area contributed by atoms with E-state index >= 15 is 0 Å². The largest absolute Gasteiger partial charge is 0.355 e. The maximum Gasteiger partial charge on any atom is 0.146 e. The van der Waals surface area contributed by atoms with Gasteiger partial charge in [-0.25, -0.2) is 4.98 Å². The van der Waals surface area contributed by atoms with Crippen LogP contribution in [0, 0.1) is 16.7 Å². The van der Waals surface area contributed by atoms with Gasteiger partial charge < -0.3 is 10.6 Å². The minimum Gasteiger partial charge on any atom is -0.355 e. The van der Waals surface area contributed by atoms with Gasteiger partial charge in [-0.2, -0.15) is 5.26 Å². The monoisotopic (exact) mass is 232 g/mol. The molecule has 0 saturated heterocycles. The van der Waals surface area contributed by atoms with Crippen LogP contribution in [0.15, 0.2) is 18.3 Å². The van der Waals surface area contributed by atoms with Crippen molar-refractivity contribution in [2.75, 3.05) is 24.5 Å². The molecule has 2 N–H and O–H groups in total. The van der Waals surface area contributed by atoms with E-state index in [0.717, 1.165) is 18.9 Å². The van der Waals surface area contributed by atoms with Crippen molar-refractivity contribution in [2.24, 2.45) is 11.1 Å². The lowest BCUT2D eigenvalue weighted by molar-refractivity contribution is 0.378. The van der Waals surface area contributed by atoms with E-state index in [4.69, 9.17) is 11.0 Å². The Hall–Kier alpha value is -1.60. The summed E-state index contributed by atoms with van der Waals surface area (Å²) in [6.07, 6.45) is 1.72. The maximum absolute atomic E-state index is 9.08. The summed E-state index contributed by atoms with van der Waals surface area (Å²) in [4.78, 5) is 6.40. The first-order valence-electron chi connectivity index (χ1n) is 5.84. The van der Waals surface area contributed by atoms with E-state index in [9.17, 15) is 0 Å². The Kier molecular flexibility index (Phi) is 4.47. The van der Waals surface area contributed by atoms with Crippen molar-refractivity contribution in [3.05, 3.63) is 23.9 Å². The molecule has 0 aliphatic carbocycles. The third-order valence-corrected chi connectivity index (χ3v) is 2.76. The SMILES string of the molecule is CCN(CC(C)(C)CN)c1ncccc1C#N. The van der Waals surface area contributed by atoms with Gasteiger partial charge in [0.1, 0.15) is 11.9 Å². The second-order valence-corrected chi connectivity index (χ2v) is 4.87. The first-order chi connectivity index (χ1) is 8.04. The van der Waals surface area contributed by atoms with Crippen molar-refractivity contribution >= 4 is 5.82 Å². The van der Waals surface area contributed by atoms with Gasteiger partial charge in [0.05, 0.1) is 5.56 Å². The van der Waals surface area contributed by atoms with Gasteiger partial charge in [-0.1, -0.05) is 13.8 Å². The van der Waals surface area contributed by atoms with E-state index in [1.807, 2.05) is 0 Å². The van der Waals surface area contributed by atoms with E-state index < -0.39 is 0 Å². The normalized spacial score (nSPS) is 11.0. The molecule has 1 rings (SSSR count). The van der Waals surface area contributed by atoms with E-state index in [-0.39, 0.29) is 5.41 Å². The van der Waals surface area contributed by atoms with Crippen LogP contribution < -0.4 is 10.6 Å². The minimum absolute atomic E-state index is 0.0141. The van der Waals surface area contributed by atoms with Crippen LogP contribution in [-0.2, 0) is 0 Å². The topological polar surface area (TPSA) is 65.9 Å². The predicted molar refractivity (Wildman–Crippen MR) is 69.7 cm³/mol. The highest BCUT2D eigenvalue weighted by Crippen LogP contribution is 2.22. The van der Waals surface area contributed by atoms with Crippen molar-refractivity contribution in [1.82, 2.24) is 4.98 Å². The van der Waals surface area contributed by atoms with Crippen LogP contribution in [0.5, 0.6) is 0 Å². The fourth-order valence-corrected chi connectivity index (χ4v) is 1.65. The maximum atomic E-state index is 9.08. The molecule has 0 fully saturated rings. The summed E-state index contributed by atoms with van der Waals surface area (Å²) >= 11 is 0. The lowest BCUT2D eigenvalue weighted by Gasteiger charge is -2.32. The van der Waals surface area contributed by atoms with Gasteiger partial charge in [0.15, 0.2) is 0 Å². The number of hydrogen-bond acceptors (Lipinski definition) is 4. The predicted octanol–water partition coefficient (Wildman–Crippen LogP) is 1.76. The van der Waals surface area contributed by atoms with E-state index in [0.29, 0.717) is 12.1 Å². The van der Waals surface area contributed by atoms with Gasteiger partial charge >= 0.3 is 0 Å². The lowest BCUT2D eigenvalue weighted by Crippen LogP contribution is -2.39. The molecule has 1 heterocycles. The minimum atomic E-state index is 0.0141. The van der Waals surface area contributed by atoms with E-state index in [1.54, 1.807) is 18.3 Å². The number of pyridine rings is 1. The molecular formula is C13H20N4.